The first-order valence-electron chi connectivity index (χ1n) is 11.0. The highest BCUT2D eigenvalue weighted by molar-refractivity contribution is 7.25. The van der Waals surface area contributed by atoms with Gasteiger partial charge in [-0.15, -0.1) is 11.3 Å². The van der Waals surface area contributed by atoms with E-state index in [0.717, 1.165) is 28.4 Å². The zero-order valence-corrected chi connectivity index (χ0v) is 18.8. The third-order valence-corrected chi connectivity index (χ3v) is 6.96. The average molecular weight is 443 g/mol. The van der Waals surface area contributed by atoms with Crippen LogP contribution in [0.2, 0.25) is 0 Å². The lowest BCUT2D eigenvalue weighted by Crippen LogP contribution is -2.09. The highest BCUT2D eigenvalue weighted by Gasteiger charge is 2.12. The molecule has 0 atom stereocenters. The van der Waals surface area contributed by atoms with Crippen LogP contribution >= 0.6 is 11.3 Å². The lowest BCUT2D eigenvalue weighted by Gasteiger charge is -2.25. The van der Waals surface area contributed by atoms with Crippen molar-refractivity contribution in [1.29, 1.82) is 0 Å². The van der Waals surface area contributed by atoms with Crippen LogP contribution in [0.15, 0.2) is 127 Å². The van der Waals surface area contributed by atoms with Crippen molar-refractivity contribution in [2.24, 2.45) is 0 Å². The fraction of sp³-hybridized carbons (Fsp3) is 0. The van der Waals surface area contributed by atoms with Gasteiger partial charge in [-0.1, -0.05) is 60.7 Å². The van der Waals surface area contributed by atoms with E-state index in [9.17, 15) is 0 Å². The van der Waals surface area contributed by atoms with E-state index in [-0.39, 0.29) is 0 Å². The zero-order chi connectivity index (χ0) is 22.0. The Hall–Kier alpha value is -4.08. The summed E-state index contributed by atoms with van der Waals surface area (Å²) in [6.45, 7) is 0. The maximum Gasteiger partial charge on any atom is 0.0463 e. The molecule has 6 aromatic rings. The summed E-state index contributed by atoms with van der Waals surface area (Å²) < 4.78 is 2.63. The first kappa shape index (κ1) is 19.6. The summed E-state index contributed by atoms with van der Waals surface area (Å²) in [5, 5.41) is 6.22. The fourth-order valence-corrected chi connectivity index (χ4v) is 5.41. The monoisotopic (exact) mass is 442 g/mol. The van der Waals surface area contributed by atoms with E-state index in [2.05, 4.69) is 125 Å². The highest BCUT2D eigenvalue weighted by atomic mass is 32.1. The van der Waals surface area contributed by atoms with Gasteiger partial charge in [-0.3, -0.25) is 0 Å². The first-order valence-corrected chi connectivity index (χ1v) is 11.9. The van der Waals surface area contributed by atoms with E-state index in [4.69, 9.17) is 0 Å². The summed E-state index contributed by atoms with van der Waals surface area (Å²) >= 11 is 1.84. The molecule has 0 aliphatic heterocycles. The minimum Gasteiger partial charge on any atom is -0.355 e. The summed E-state index contributed by atoms with van der Waals surface area (Å²) in [7, 11) is 0. The number of hydrogen-bond donors (Lipinski definition) is 1. The van der Waals surface area contributed by atoms with Crippen LogP contribution in [0.4, 0.5) is 28.4 Å². The Morgan fingerprint density at radius 2 is 1.00 bits per heavy atom. The lowest BCUT2D eigenvalue weighted by molar-refractivity contribution is 1.28. The minimum absolute atomic E-state index is 1.07. The van der Waals surface area contributed by atoms with Crippen molar-refractivity contribution in [3.63, 3.8) is 0 Å². The van der Waals surface area contributed by atoms with Crippen LogP contribution < -0.4 is 10.2 Å². The molecule has 0 saturated carbocycles. The van der Waals surface area contributed by atoms with E-state index in [1.807, 2.05) is 23.5 Å². The predicted molar refractivity (Wildman–Crippen MR) is 144 cm³/mol. The summed E-state index contributed by atoms with van der Waals surface area (Å²) in [5.74, 6) is 0. The van der Waals surface area contributed by atoms with Crippen molar-refractivity contribution in [3.8, 4) is 0 Å². The second-order valence-electron chi connectivity index (χ2n) is 7.99. The van der Waals surface area contributed by atoms with Crippen molar-refractivity contribution in [2.75, 3.05) is 10.2 Å². The molecule has 0 unspecified atom stereocenters. The second-order valence-corrected chi connectivity index (χ2v) is 9.07. The minimum atomic E-state index is 1.07. The van der Waals surface area contributed by atoms with E-state index >= 15 is 0 Å². The number of para-hydroxylation sites is 2. The topological polar surface area (TPSA) is 15.3 Å². The first-order chi connectivity index (χ1) is 16.3. The van der Waals surface area contributed by atoms with Gasteiger partial charge in [0.2, 0.25) is 0 Å². The van der Waals surface area contributed by atoms with Gasteiger partial charge in [0, 0.05) is 48.6 Å². The van der Waals surface area contributed by atoms with Crippen LogP contribution in [0, 0.1) is 0 Å². The maximum atomic E-state index is 3.57. The standard InChI is InChI=1S/C30H22N2S/c1-3-9-24(10-4-1)32(25-11-5-2-6-12-25)26-18-15-22(16-19-26)31-23-17-20-28-27-13-7-8-14-29(27)33-30(28)21-23/h1-21,31H. The Bertz CT molecular complexity index is 1480. The lowest BCUT2D eigenvalue weighted by atomic mass is 10.1. The maximum absolute atomic E-state index is 3.57. The van der Waals surface area contributed by atoms with Crippen molar-refractivity contribution < 1.29 is 0 Å². The molecule has 0 amide bonds. The summed E-state index contributed by atoms with van der Waals surface area (Å²) in [5.41, 5.74) is 5.57. The molecule has 6 rings (SSSR count). The summed E-state index contributed by atoms with van der Waals surface area (Å²) in [6.07, 6.45) is 0. The molecule has 1 N–H and O–H groups in total. The van der Waals surface area contributed by atoms with Crippen LogP contribution in [0.25, 0.3) is 20.2 Å². The van der Waals surface area contributed by atoms with Crippen LogP contribution in [-0.2, 0) is 0 Å². The number of nitrogens with one attached hydrogen (secondary N) is 1. The van der Waals surface area contributed by atoms with Gasteiger partial charge in [-0.05, 0) is 66.7 Å². The number of benzene rings is 5. The number of thiophene rings is 1. The van der Waals surface area contributed by atoms with Crippen molar-refractivity contribution in [2.45, 2.75) is 0 Å². The third-order valence-electron chi connectivity index (χ3n) is 5.82. The van der Waals surface area contributed by atoms with E-state index in [1.165, 1.54) is 20.2 Å². The quantitative estimate of drug-likeness (QED) is 0.286. The van der Waals surface area contributed by atoms with E-state index in [0.29, 0.717) is 0 Å². The van der Waals surface area contributed by atoms with E-state index < -0.39 is 0 Å². The molecular weight excluding hydrogens is 420 g/mol. The van der Waals surface area contributed by atoms with Gasteiger partial charge in [0.05, 0.1) is 0 Å². The summed E-state index contributed by atoms with van der Waals surface area (Å²) in [6, 6.07) is 44.8. The van der Waals surface area contributed by atoms with Crippen molar-refractivity contribution in [1.82, 2.24) is 0 Å². The Morgan fingerprint density at radius 1 is 0.455 bits per heavy atom. The van der Waals surface area contributed by atoms with Gasteiger partial charge in [-0.25, -0.2) is 0 Å². The molecule has 3 heteroatoms. The molecule has 158 valence electrons. The second kappa shape index (κ2) is 8.45. The van der Waals surface area contributed by atoms with E-state index in [1.54, 1.807) is 0 Å². The molecule has 0 aliphatic rings. The number of rotatable bonds is 5. The van der Waals surface area contributed by atoms with Gasteiger partial charge in [0.25, 0.3) is 0 Å². The van der Waals surface area contributed by atoms with Crippen molar-refractivity contribution >= 4 is 59.9 Å². The molecule has 0 aliphatic carbocycles. The average Bonchev–Trinajstić information content (AvgIpc) is 3.24. The number of anilines is 5. The molecule has 2 nitrogen and oxygen atoms in total. The van der Waals surface area contributed by atoms with Gasteiger partial charge in [0.1, 0.15) is 0 Å². The number of hydrogen-bond acceptors (Lipinski definition) is 3. The SMILES string of the molecule is c1ccc(N(c2ccccc2)c2ccc(Nc3ccc4c(c3)sc3ccccc34)cc2)cc1. The molecule has 5 aromatic carbocycles. The largest absolute Gasteiger partial charge is 0.355 e. The van der Waals surface area contributed by atoms with Gasteiger partial charge >= 0.3 is 0 Å². The van der Waals surface area contributed by atoms with Gasteiger partial charge in [-0.2, -0.15) is 0 Å². The predicted octanol–water partition coefficient (Wildman–Crippen LogP) is 9.27. The zero-order valence-electron chi connectivity index (χ0n) is 18.0. The molecule has 0 spiro atoms. The molecular formula is C30H22N2S. The smallest absolute Gasteiger partial charge is 0.0463 e. The number of nitrogens with zero attached hydrogens (tertiary/aromatic N) is 1. The Morgan fingerprint density at radius 3 is 1.70 bits per heavy atom. The van der Waals surface area contributed by atoms with Crippen LogP contribution in [0.3, 0.4) is 0 Å². The normalized spacial score (nSPS) is 11.0. The molecule has 0 fully saturated rings. The Labute approximate surface area is 197 Å². The highest BCUT2D eigenvalue weighted by Crippen LogP contribution is 2.37. The van der Waals surface area contributed by atoms with Crippen molar-refractivity contribution in [3.05, 3.63) is 127 Å². The molecule has 1 aromatic heterocycles. The molecule has 0 saturated heterocycles. The van der Waals surface area contributed by atoms with Crippen LogP contribution in [0.1, 0.15) is 0 Å². The van der Waals surface area contributed by atoms with Gasteiger partial charge in [0.15, 0.2) is 0 Å². The van der Waals surface area contributed by atoms with Gasteiger partial charge < -0.3 is 10.2 Å². The summed E-state index contributed by atoms with van der Waals surface area (Å²) in [4.78, 5) is 2.27. The van der Waals surface area contributed by atoms with Crippen LogP contribution in [-0.4, -0.2) is 0 Å². The van der Waals surface area contributed by atoms with Crippen LogP contribution in [0.5, 0.6) is 0 Å². The third kappa shape index (κ3) is 3.84. The molecule has 0 bridgehead atoms. The Kier molecular flexibility index (Phi) is 5.02. The molecule has 1 heterocycles. The number of fused-ring (bicyclic) bond motifs is 3. The Balaban J connectivity index is 1.30. The fourth-order valence-electron chi connectivity index (χ4n) is 4.27. The molecule has 33 heavy (non-hydrogen) atoms. The molecule has 0 radical (unpaired) electrons.